The zero-order chi connectivity index (χ0) is 72.3. The van der Waals surface area contributed by atoms with E-state index in [4.69, 9.17) is 56.8 Å². The molecule has 5 aliphatic carbocycles. The summed E-state index contributed by atoms with van der Waals surface area (Å²) in [5, 5.41) is 217. The zero-order valence-electron chi connectivity index (χ0n) is 56.8. The number of hydrogen-bond acceptors (Lipinski definition) is 33. The summed E-state index contributed by atoms with van der Waals surface area (Å²) in [5.41, 5.74) is -2.77. The fourth-order valence-corrected chi connectivity index (χ4v) is 19.2. The van der Waals surface area contributed by atoms with Gasteiger partial charge in [0.1, 0.15) is 140 Å². The molecule has 0 aromatic rings. The molecule has 4 saturated carbocycles. The Balaban J connectivity index is 0.798. The second-order valence-electron chi connectivity index (χ2n) is 31.8. The molecule has 20 N–H and O–H groups in total. The highest BCUT2D eigenvalue weighted by molar-refractivity contribution is 5.79. The molecule has 0 amide bonds. The van der Waals surface area contributed by atoms with Gasteiger partial charge in [-0.2, -0.15) is 0 Å². The van der Waals surface area contributed by atoms with Gasteiger partial charge in [-0.3, -0.25) is 4.79 Å². The van der Waals surface area contributed by atoms with Crippen LogP contribution in [0.15, 0.2) is 11.6 Å². The number of aliphatic hydroxyl groups is 20. The summed E-state index contributed by atoms with van der Waals surface area (Å²) in [6, 6.07) is 0. The molecule has 11 aliphatic rings. The van der Waals surface area contributed by atoms with Gasteiger partial charge in [-0.15, -0.1) is 0 Å². The Kier molecular flexibility index (Phi) is 23.3. The van der Waals surface area contributed by atoms with Crippen LogP contribution in [0.2, 0.25) is 0 Å². The van der Waals surface area contributed by atoms with Crippen LogP contribution in [-0.4, -0.2) is 338 Å². The maximum Gasteiger partial charge on any atom is 0.315 e. The van der Waals surface area contributed by atoms with Crippen LogP contribution >= 0.6 is 0 Å². The van der Waals surface area contributed by atoms with Crippen LogP contribution in [0.5, 0.6) is 0 Å². The van der Waals surface area contributed by atoms with Gasteiger partial charge in [0.2, 0.25) is 6.29 Å². The molecular formula is C66H108O33. The van der Waals surface area contributed by atoms with E-state index in [1.165, 1.54) is 6.92 Å². The molecule has 99 heavy (non-hydrogen) atoms. The first-order chi connectivity index (χ1) is 46.5. The van der Waals surface area contributed by atoms with E-state index < -0.39 is 263 Å². The maximum atomic E-state index is 15.4. The number of carbonyl (C=O) groups is 1. The number of allylic oxidation sites excluding steroid dienone is 2. The Labute approximate surface area is 572 Å². The molecule has 0 aromatic heterocycles. The third kappa shape index (κ3) is 13.6. The molecule has 570 valence electrons. The molecule has 6 heterocycles. The van der Waals surface area contributed by atoms with Crippen molar-refractivity contribution in [1.82, 2.24) is 0 Å². The van der Waals surface area contributed by atoms with Gasteiger partial charge in [-0.25, -0.2) is 0 Å². The Morgan fingerprint density at radius 2 is 0.919 bits per heavy atom. The molecule has 0 unspecified atom stereocenters. The van der Waals surface area contributed by atoms with Gasteiger partial charge in [0, 0.05) is 5.41 Å². The maximum absolute atomic E-state index is 15.4. The van der Waals surface area contributed by atoms with Gasteiger partial charge >= 0.3 is 5.97 Å². The zero-order valence-corrected chi connectivity index (χ0v) is 56.8. The van der Waals surface area contributed by atoms with Gasteiger partial charge < -0.3 is 159 Å². The van der Waals surface area contributed by atoms with Crippen LogP contribution in [0.3, 0.4) is 0 Å². The number of fused-ring (bicyclic) bond motifs is 7. The highest BCUT2D eigenvalue weighted by Gasteiger charge is 2.71. The smallest absolute Gasteiger partial charge is 0.315 e. The van der Waals surface area contributed by atoms with E-state index in [1.807, 2.05) is 6.92 Å². The average Bonchev–Trinajstić information content (AvgIpc) is 0.674. The molecule has 39 atom stereocenters. The molecular weight excluding hydrogens is 1320 g/mol. The normalized spacial score (nSPS) is 54.6. The van der Waals surface area contributed by atoms with Crippen molar-refractivity contribution < 1.29 is 164 Å². The molecule has 6 saturated heterocycles. The second kappa shape index (κ2) is 29.6. The van der Waals surface area contributed by atoms with Gasteiger partial charge in [0.05, 0.1) is 57.3 Å². The predicted octanol–water partition coefficient (Wildman–Crippen LogP) is -6.39. The van der Waals surface area contributed by atoms with E-state index in [0.29, 0.717) is 64.2 Å². The molecule has 11 rings (SSSR count). The Morgan fingerprint density at radius 1 is 0.455 bits per heavy atom. The Bertz CT molecular complexity index is 2770. The van der Waals surface area contributed by atoms with Crippen molar-refractivity contribution in [2.24, 2.45) is 50.2 Å². The van der Waals surface area contributed by atoms with Crippen molar-refractivity contribution in [1.29, 1.82) is 0 Å². The largest absolute Gasteiger partial charge is 0.432 e. The van der Waals surface area contributed by atoms with Crippen LogP contribution in [0, 0.1) is 50.2 Å². The summed E-state index contributed by atoms with van der Waals surface area (Å²) in [7, 11) is 0. The lowest BCUT2D eigenvalue weighted by Gasteiger charge is -2.71. The Hall–Kier alpha value is -2.03. The van der Waals surface area contributed by atoms with Gasteiger partial charge in [-0.05, 0) is 111 Å². The highest BCUT2D eigenvalue weighted by atomic mass is 16.8. The van der Waals surface area contributed by atoms with Crippen LogP contribution in [-0.2, 0) is 61.6 Å². The third-order valence-electron chi connectivity index (χ3n) is 25.7. The summed E-state index contributed by atoms with van der Waals surface area (Å²) < 4.78 is 71.3. The van der Waals surface area contributed by atoms with Crippen molar-refractivity contribution in [3.8, 4) is 0 Å². The fourth-order valence-electron chi connectivity index (χ4n) is 19.2. The molecule has 33 heteroatoms. The van der Waals surface area contributed by atoms with E-state index in [9.17, 15) is 102 Å². The molecule has 33 nitrogen and oxygen atoms in total. The van der Waals surface area contributed by atoms with E-state index in [0.717, 1.165) is 5.57 Å². The van der Waals surface area contributed by atoms with Crippen molar-refractivity contribution in [3.63, 3.8) is 0 Å². The minimum absolute atomic E-state index is 0.0139. The minimum Gasteiger partial charge on any atom is -0.432 e. The standard InChI is InChI=1S/C66H108O33/c1-25-36(71)41(76)48(83)56(90-25)97-52-30(21-69)93-55(51(86)46(52)81)89-22-31-39(74)44(79)50(85)58(94-31)99-60(87)66-16-14-61(2,3)18-27(66)26-8-9-34-62(4)12-11-35(63(5,24-70)33(62)10-13-65(34,7)64(26,6)15-17-66)96-59-53(98-57-49(84)43(78)38(73)29(20-68)92-57)45(80)40(75)32(95-59)23-88-54-47(82)42(77)37(72)28(19-67)91-54/h8,25,27-59,67-86H,9-24H2,1-7H3/t25-,27-,28+,29+,30+,31+,32+,33+,34+,35-,36-,37+,38+,39+,40-,41+,42-,43-,44-,45-,46+,47+,48+,49+,50+,51+,52+,53+,54+,55+,56-,57-,58-,59-,62-,63-,64+,65+,66-/m0/s1. The molecule has 10 fully saturated rings. The van der Waals surface area contributed by atoms with Crippen molar-refractivity contribution in [2.45, 2.75) is 303 Å². The molecule has 0 spiro atoms. The van der Waals surface area contributed by atoms with Crippen LogP contribution in [0.1, 0.15) is 113 Å². The SMILES string of the molecule is C[C@@H]1O[C@@H](O[C@H]2[C@H](O)[C@@H](O)[C@H](OC[C@H]3O[C@@H](OC(=O)[C@]45CCC(C)(C)C[C@H]4C4=CC[C@@H]6[C@@]7(C)CC[C@H](O[C@@H]8O[C@H](CO[C@@H]9O[C@H](CO)[C@@H](O)[C@H](O)[C@H]9O)[C@H](O)[C@H](O)[C@H]8O[C@@H]8O[C@H](CO)[C@@H](O)[C@H](O)[C@H]8O)[C@@](C)(CO)[C@@H]7CC[C@@]6(C)[C@]4(C)CC5)[C@H](O)[C@@H](O)[C@@H]3O)O[C@@H]2CO)[C@H](O)[C@H](O)[C@H]1O. The first-order valence-corrected chi connectivity index (χ1v) is 34.9. The first-order valence-electron chi connectivity index (χ1n) is 34.9. The van der Waals surface area contributed by atoms with Crippen LogP contribution < -0.4 is 0 Å². The minimum atomic E-state index is -1.96. The lowest BCUT2D eigenvalue weighted by molar-refractivity contribution is -0.383. The summed E-state index contributed by atoms with van der Waals surface area (Å²) in [4.78, 5) is 15.4. The topological polar surface area (TPSA) is 532 Å². The summed E-state index contributed by atoms with van der Waals surface area (Å²) >= 11 is 0. The fraction of sp³-hybridized carbons (Fsp3) is 0.955. The lowest BCUT2D eigenvalue weighted by Crippen LogP contribution is -2.68. The summed E-state index contributed by atoms with van der Waals surface area (Å²) in [6.07, 6.45) is -44.8. The summed E-state index contributed by atoms with van der Waals surface area (Å²) in [6.45, 7) is 10.3. The summed E-state index contributed by atoms with van der Waals surface area (Å²) in [5.74, 6) is -1.31. The quantitative estimate of drug-likeness (QED) is 0.0345. The van der Waals surface area contributed by atoms with E-state index in [1.54, 1.807) is 0 Å². The molecule has 0 radical (unpaired) electrons. The van der Waals surface area contributed by atoms with Crippen LogP contribution in [0.4, 0.5) is 0 Å². The lowest BCUT2D eigenvalue weighted by atomic mass is 9.33. The number of ether oxygens (including phenoxy) is 12. The Morgan fingerprint density at radius 3 is 1.51 bits per heavy atom. The first kappa shape index (κ1) is 78.1. The predicted molar refractivity (Wildman–Crippen MR) is 328 cm³/mol. The third-order valence-corrected chi connectivity index (χ3v) is 25.7. The second-order valence-corrected chi connectivity index (χ2v) is 31.8. The van der Waals surface area contributed by atoms with Gasteiger partial charge in [0.25, 0.3) is 0 Å². The number of hydrogen-bond donors (Lipinski definition) is 20. The number of rotatable bonds is 18. The van der Waals surface area contributed by atoms with E-state index in [2.05, 4.69) is 40.7 Å². The number of aliphatic hydroxyl groups excluding tert-OH is 20. The van der Waals surface area contributed by atoms with Gasteiger partial charge in [0.15, 0.2) is 31.5 Å². The van der Waals surface area contributed by atoms with E-state index in [-0.39, 0.29) is 23.2 Å². The number of carbonyl (C=O) groups excluding carboxylic acids is 1. The van der Waals surface area contributed by atoms with Crippen molar-refractivity contribution >= 4 is 5.97 Å². The molecule has 6 aliphatic heterocycles. The molecule has 0 bridgehead atoms. The monoisotopic (exact) mass is 1430 g/mol. The molecule has 0 aromatic carbocycles. The van der Waals surface area contributed by atoms with Crippen LogP contribution in [0.25, 0.3) is 0 Å². The van der Waals surface area contributed by atoms with E-state index >= 15 is 4.79 Å². The van der Waals surface area contributed by atoms with Gasteiger partial charge in [-0.1, -0.05) is 53.2 Å². The average molecular weight is 1430 g/mol. The van der Waals surface area contributed by atoms with Crippen molar-refractivity contribution in [3.05, 3.63) is 11.6 Å². The number of esters is 1. The highest BCUT2D eigenvalue weighted by Crippen LogP contribution is 2.76. The van der Waals surface area contributed by atoms with Crippen molar-refractivity contribution in [2.75, 3.05) is 39.6 Å².